The Bertz CT molecular complexity index is 2010. The highest BCUT2D eigenvalue weighted by atomic mass is 19.1. The minimum Gasteiger partial charge on any atom is -0.307 e. The average Bonchev–Trinajstić information content (AvgIpc) is 3.31. The Hall–Kier alpha value is -4.69. The van der Waals surface area contributed by atoms with Crippen molar-refractivity contribution < 1.29 is 4.39 Å². The lowest BCUT2D eigenvalue weighted by Crippen LogP contribution is -2.24. The lowest BCUT2D eigenvalue weighted by atomic mass is 9.73. The third-order valence-electron chi connectivity index (χ3n) is 9.71. The Kier molecular flexibility index (Phi) is 6.89. The fourth-order valence-corrected chi connectivity index (χ4v) is 7.62. The molecular formula is C42H38FN. The third kappa shape index (κ3) is 4.35. The lowest BCUT2D eigenvalue weighted by molar-refractivity contribution is 0.490. The summed E-state index contributed by atoms with van der Waals surface area (Å²) in [7, 11) is 0. The predicted octanol–water partition coefficient (Wildman–Crippen LogP) is 12.1. The van der Waals surface area contributed by atoms with Gasteiger partial charge in [-0.3, -0.25) is 0 Å². The molecule has 0 N–H and O–H groups in total. The fourth-order valence-electron chi connectivity index (χ4n) is 7.62. The molecule has 0 fully saturated rings. The van der Waals surface area contributed by atoms with Crippen LogP contribution in [0.2, 0.25) is 0 Å². The van der Waals surface area contributed by atoms with Gasteiger partial charge in [0, 0.05) is 16.5 Å². The van der Waals surface area contributed by atoms with E-state index in [2.05, 4.69) is 118 Å². The van der Waals surface area contributed by atoms with Crippen molar-refractivity contribution in [3.63, 3.8) is 0 Å². The normalized spacial score (nSPS) is 13.1. The van der Waals surface area contributed by atoms with Gasteiger partial charge in [-0.1, -0.05) is 104 Å². The molecule has 2 heteroatoms. The third-order valence-corrected chi connectivity index (χ3v) is 9.71. The van der Waals surface area contributed by atoms with Crippen molar-refractivity contribution in [1.29, 1.82) is 0 Å². The minimum absolute atomic E-state index is 0.117. The van der Waals surface area contributed by atoms with E-state index in [9.17, 15) is 0 Å². The first-order valence-electron chi connectivity index (χ1n) is 15.8. The highest BCUT2D eigenvalue weighted by molar-refractivity contribution is 6.10. The van der Waals surface area contributed by atoms with Gasteiger partial charge in [0.25, 0.3) is 0 Å². The van der Waals surface area contributed by atoms with Gasteiger partial charge < -0.3 is 4.90 Å². The van der Waals surface area contributed by atoms with Crippen LogP contribution in [-0.2, 0) is 5.41 Å². The molecular weight excluding hydrogens is 537 g/mol. The number of halogens is 1. The molecule has 218 valence electrons. The molecule has 0 aliphatic heterocycles. The molecule has 6 aromatic rings. The van der Waals surface area contributed by atoms with Gasteiger partial charge in [0.15, 0.2) is 0 Å². The molecule has 0 spiro atoms. The molecule has 0 amide bonds. The fraction of sp³-hybridized carbons (Fsp3) is 0.190. The van der Waals surface area contributed by atoms with Crippen LogP contribution in [0.5, 0.6) is 0 Å². The maximum absolute atomic E-state index is 16.3. The van der Waals surface area contributed by atoms with Crippen molar-refractivity contribution in [2.75, 3.05) is 4.90 Å². The number of fused-ring (bicyclic) bond motifs is 5. The number of nitrogens with zero attached hydrogens (tertiary/aromatic N) is 1. The van der Waals surface area contributed by atoms with E-state index < -0.39 is 0 Å². The van der Waals surface area contributed by atoms with Crippen LogP contribution >= 0.6 is 0 Å². The maximum atomic E-state index is 16.3. The highest BCUT2D eigenvalue weighted by Gasteiger charge is 2.42. The van der Waals surface area contributed by atoms with Gasteiger partial charge in [-0.15, -0.1) is 0 Å². The zero-order valence-corrected chi connectivity index (χ0v) is 26.2. The second kappa shape index (κ2) is 10.8. The number of rotatable bonds is 6. The Balaban J connectivity index is 1.59. The smallest absolute Gasteiger partial charge is 0.147 e. The van der Waals surface area contributed by atoms with Crippen LogP contribution in [0.3, 0.4) is 0 Å². The van der Waals surface area contributed by atoms with Crippen LogP contribution in [0.4, 0.5) is 21.5 Å². The molecule has 1 nitrogen and oxygen atoms in total. The van der Waals surface area contributed by atoms with Gasteiger partial charge in [-0.25, -0.2) is 4.39 Å². The van der Waals surface area contributed by atoms with Crippen molar-refractivity contribution >= 4 is 27.8 Å². The number of aryl methyl sites for hydroxylation is 3. The van der Waals surface area contributed by atoms with Gasteiger partial charge in [0.2, 0.25) is 0 Å². The SMILES string of the molecule is CCC1(CC)c2cc(C)ccc2-c2c1cc(N(c1cc(C)cc(C)c1)c1cc(-c3ccccc3)ccc1F)c1ccccc21. The second-order valence-corrected chi connectivity index (χ2v) is 12.4. The van der Waals surface area contributed by atoms with Crippen LogP contribution in [0, 0.1) is 26.6 Å². The van der Waals surface area contributed by atoms with Crippen LogP contribution in [0.15, 0.2) is 115 Å². The molecule has 1 aliphatic rings. The predicted molar refractivity (Wildman–Crippen MR) is 185 cm³/mol. The van der Waals surface area contributed by atoms with E-state index >= 15 is 4.39 Å². The summed E-state index contributed by atoms with van der Waals surface area (Å²) in [5.41, 5.74) is 13.4. The zero-order chi connectivity index (χ0) is 30.6. The molecule has 0 radical (unpaired) electrons. The summed E-state index contributed by atoms with van der Waals surface area (Å²) in [6.07, 6.45) is 1.98. The van der Waals surface area contributed by atoms with Crippen molar-refractivity contribution in [1.82, 2.24) is 0 Å². The van der Waals surface area contributed by atoms with Gasteiger partial charge >= 0.3 is 0 Å². The topological polar surface area (TPSA) is 3.24 Å². The van der Waals surface area contributed by atoms with Gasteiger partial charge in [-0.2, -0.15) is 0 Å². The molecule has 7 rings (SSSR count). The van der Waals surface area contributed by atoms with Gasteiger partial charge in [0.1, 0.15) is 5.82 Å². The van der Waals surface area contributed by atoms with E-state index in [4.69, 9.17) is 0 Å². The summed E-state index contributed by atoms with van der Waals surface area (Å²) in [6.45, 7) is 11.0. The van der Waals surface area contributed by atoms with Crippen LogP contribution in [-0.4, -0.2) is 0 Å². The van der Waals surface area contributed by atoms with Crippen LogP contribution in [0.25, 0.3) is 33.0 Å². The van der Waals surface area contributed by atoms with Crippen molar-refractivity contribution in [3.05, 3.63) is 149 Å². The summed E-state index contributed by atoms with van der Waals surface area (Å²) >= 11 is 0. The molecule has 0 heterocycles. The van der Waals surface area contributed by atoms with Crippen molar-refractivity contribution in [2.24, 2.45) is 0 Å². The molecule has 0 bridgehead atoms. The first kappa shape index (κ1) is 28.1. The average molecular weight is 576 g/mol. The highest BCUT2D eigenvalue weighted by Crippen LogP contribution is 2.57. The molecule has 0 saturated heterocycles. The molecule has 0 atom stereocenters. The Morgan fingerprint density at radius 2 is 1.25 bits per heavy atom. The van der Waals surface area contributed by atoms with E-state index in [0.717, 1.165) is 51.9 Å². The van der Waals surface area contributed by atoms with Gasteiger partial charge in [0.05, 0.1) is 11.4 Å². The monoisotopic (exact) mass is 575 g/mol. The van der Waals surface area contributed by atoms with Crippen molar-refractivity contribution in [3.8, 4) is 22.3 Å². The summed E-state index contributed by atoms with van der Waals surface area (Å²) in [4.78, 5) is 2.16. The number of hydrogen-bond donors (Lipinski definition) is 0. The van der Waals surface area contributed by atoms with E-state index in [1.807, 2.05) is 30.3 Å². The molecule has 6 aromatic carbocycles. The molecule has 0 saturated carbocycles. The summed E-state index contributed by atoms with van der Waals surface area (Å²) in [5, 5.41) is 2.33. The van der Waals surface area contributed by atoms with Crippen LogP contribution < -0.4 is 4.90 Å². The van der Waals surface area contributed by atoms with E-state index in [1.165, 1.54) is 33.2 Å². The van der Waals surface area contributed by atoms with Crippen molar-refractivity contribution in [2.45, 2.75) is 52.9 Å². The number of anilines is 3. The summed E-state index contributed by atoms with van der Waals surface area (Å²) in [6, 6.07) is 40.3. The van der Waals surface area contributed by atoms with E-state index in [1.54, 1.807) is 6.07 Å². The first-order valence-corrected chi connectivity index (χ1v) is 15.8. The molecule has 44 heavy (non-hydrogen) atoms. The van der Waals surface area contributed by atoms with Gasteiger partial charge in [-0.05, 0) is 114 Å². The zero-order valence-electron chi connectivity index (χ0n) is 26.2. The number of hydrogen-bond acceptors (Lipinski definition) is 1. The Morgan fingerprint density at radius 3 is 1.95 bits per heavy atom. The molecule has 0 aromatic heterocycles. The van der Waals surface area contributed by atoms with E-state index in [0.29, 0.717) is 5.69 Å². The second-order valence-electron chi connectivity index (χ2n) is 12.4. The summed E-state index contributed by atoms with van der Waals surface area (Å²) in [5.74, 6) is -0.246. The first-order chi connectivity index (χ1) is 21.3. The standard InChI is InChI=1S/C42H38FN/c1-6-42(7-2)36-24-27(3)17-19-35(36)41-34-16-12-11-15-33(34)39(26-37(41)42)44(32-22-28(4)21-29(5)23-32)40-25-31(18-20-38(40)43)30-13-9-8-10-14-30/h8-26H,6-7H2,1-5H3. The molecule has 1 aliphatic carbocycles. The quantitative estimate of drug-likeness (QED) is 0.191. The summed E-state index contributed by atoms with van der Waals surface area (Å²) < 4.78 is 16.3. The lowest BCUT2D eigenvalue weighted by Gasteiger charge is -2.33. The molecule has 0 unspecified atom stereocenters. The largest absolute Gasteiger partial charge is 0.307 e. The minimum atomic E-state index is -0.246. The van der Waals surface area contributed by atoms with E-state index in [-0.39, 0.29) is 11.2 Å². The van der Waals surface area contributed by atoms with Crippen LogP contribution in [0.1, 0.15) is 54.5 Å². The number of benzene rings is 6. The maximum Gasteiger partial charge on any atom is 0.147 e. The Morgan fingerprint density at radius 1 is 0.568 bits per heavy atom. The Labute approximate surface area is 260 Å².